The van der Waals surface area contributed by atoms with Crippen molar-refractivity contribution in [2.45, 2.75) is 25.3 Å². The summed E-state index contributed by atoms with van der Waals surface area (Å²) in [5.41, 5.74) is -0.719. The number of benzene rings is 1. The van der Waals surface area contributed by atoms with Gasteiger partial charge in [-0.2, -0.15) is 18.4 Å². The molecule has 3 unspecified atom stereocenters. The molecule has 2 rings (SSSR count). The molecule has 2 aromatic rings. The van der Waals surface area contributed by atoms with E-state index in [1.807, 2.05) is 0 Å². The summed E-state index contributed by atoms with van der Waals surface area (Å²) >= 11 is 0. The van der Waals surface area contributed by atoms with Gasteiger partial charge in [-0.3, -0.25) is 0 Å². The van der Waals surface area contributed by atoms with Crippen molar-refractivity contribution in [1.82, 2.24) is 0 Å². The van der Waals surface area contributed by atoms with Crippen LogP contribution in [0.2, 0.25) is 0 Å². The highest BCUT2D eigenvalue weighted by Crippen LogP contribution is 2.36. The Morgan fingerprint density at radius 1 is 1.17 bits per heavy atom. The molecule has 1 heterocycles. The standard InChI is InChI=1S/C16H14F3NO3/c1-9-5-10(7-11(6-9)16(17,18)19)14(21)12(8-20)15(22)13-3-2-4-23-13/h2-7,12,14-15,21-22H,1H3. The van der Waals surface area contributed by atoms with Gasteiger partial charge in [-0.25, -0.2) is 0 Å². The number of halogens is 3. The van der Waals surface area contributed by atoms with Crippen molar-refractivity contribution in [2.24, 2.45) is 5.92 Å². The fourth-order valence-corrected chi connectivity index (χ4v) is 2.30. The molecule has 23 heavy (non-hydrogen) atoms. The van der Waals surface area contributed by atoms with Crippen molar-refractivity contribution in [3.63, 3.8) is 0 Å². The maximum Gasteiger partial charge on any atom is 0.416 e. The normalized spacial score (nSPS) is 15.7. The van der Waals surface area contributed by atoms with Gasteiger partial charge in [-0.15, -0.1) is 0 Å². The Kier molecular flexibility index (Phi) is 4.78. The number of alkyl halides is 3. The molecule has 0 radical (unpaired) electrons. The summed E-state index contributed by atoms with van der Waals surface area (Å²) in [6.07, 6.45) is -6.34. The van der Waals surface area contributed by atoms with Crippen LogP contribution in [0.4, 0.5) is 13.2 Å². The summed E-state index contributed by atoms with van der Waals surface area (Å²) in [5.74, 6) is -1.32. The number of hydrogen-bond acceptors (Lipinski definition) is 4. The summed E-state index contributed by atoms with van der Waals surface area (Å²) in [6.45, 7) is 1.45. The largest absolute Gasteiger partial charge is 0.467 e. The molecular formula is C16H14F3NO3. The second-order valence-electron chi connectivity index (χ2n) is 5.19. The quantitative estimate of drug-likeness (QED) is 0.902. The highest BCUT2D eigenvalue weighted by atomic mass is 19.4. The molecule has 0 amide bonds. The van der Waals surface area contributed by atoms with Crippen LogP contribution in [-0.4, -0.2) is 10.2 Å². The van der Waals surface area contributed by atoms with E-state index in [4.69, 9.17) is 4.42 Å². The molecule has 0 saturated carbocycles. The van der Waals surface area contributed by atoms with Crippen LogP contribution < -0.4 is 0 Å². The SMILES string of the molecule is Cc1cc(C(O)C(C#N)C(O)c2ccco2)cc(C(F)(F)F)c1. The van der Waals surface area contributed by atoms with Gasteiger partial charge in [-0.1, -0.05) is 11.6 Å². The smallest absolute Gasteiger partial charge is 0.416 e. The molecule has 2 N–H and O–H groups in total. The van der Waals surface area contributed by atoms with Crippen LogP contribution in [0, 0.1) is 24.2 Å². The lowest BCUT2D eigenvalue weighted by Gasteiger charge is -2.22. The predicted molar refractivity (Wildman–Crippen MR) is 73.9 cm³/mol. The molecule has 0 saturated heterocycles. The number of rotatable bonds is 4. The molecule has 4 nitrogen and oxygen atoms in total. The van der Waals surface area contributed by atoms with E-state index in [2.05, 4.69) is 0 Å². The summed E-state index contributed by atoms with van der Waals surface area (Å²) in [5, 5.41) is 29.6. The Labute approximate surface area is 130 Å². The average molecular weight is 325 g/mol. The third-order valence-corrected chi connectivity index (χ3v) is 3.43. The van der Waals surface area contributed by atoms with Gasteiger partial charge in [-0.05, 0) is 36.8 Å². The number of aryl methyl sites for hydroxylation is 1. The van der Waals surface area contributed by atoms with E-state index in [0.29, 0.717) is 0 Å². The van der Waals surface area contributed by atoms with E-state index in [9.17, 15) is 28.6 Å². The van der Waals surface area contributed by atoms with Crippen LogP contribution in [0.5, 0.6) is 0 Å². The van der Waals surface area contributed by atoms with Crippen LogP contribution in [0.1, 0.15) is 34.7 Å². The van der Waals surface area contributed by atoms with Crippen LogP contribution in [-0.2, 0) is 6.18 Å². The van der Waals surface area contributed by atoms with Gasteiger partial charge in [0.15, 0.2) is 0 Å². The maximum absolute atomic E-state index is 12.9. The van der Waals surface area contributed by atoms with Crippen molar-refractivity contribution < 1.29 is 27.8 Å². The van der Waals surface area contributed by atoms with Crippen molar-refractivity contribution in [3.05, 3.63) is 59.0 Å². The van der Waals surface area contributed by atoms with Crippen molar-refractivity contribution in [1.29, 1.82) is 5.26 Å². The van der Waals surface area contributed by atoms with Gasteiger partial charge in [0.05, 0.1) is 24.0 Å². The fourth-order valence-electron chi connectivity index (χ4n) is 2.30. The Hall–Kier alpha value is -2.30. The highest BCUT2D eigenvalue weighted by Gasteiger charge is 2.34. The van der Waals surface area contributed by atoms with Crippen LogP contribution in [0.3, 0.4) is 0 Å². The summed E-state index contributed by atoms with van der Waals surface area (Å²) in [7, 11) is 0. The number of nitrogens with zero attached hydrogens (tertiary/aromatic N) is 1. The zero-order valence-electron chi connectivity index (χ0n) is 12.1. The number of nitriles is 1. The zero-order chi connectivity index (χ0) is 17.2. The molecule has 7 heteroatoms. The molecule has 1 aromatic heterocycles. The first-order chi connectivity index (χ1) is 10.7. The lowest BCUT2D eigenvalue weighted by Crippen LogP contribution is -2.20. The first kappa shape index (κ1) is 17.1. The molecule has 0 fully saturated rings. The number of hydrogen-bond donors (Lipinski definition) is 2. The highest BCUT2D eigenvalue weighted by molar-refractivity contribution is 5.33. The minimum Gasteiger partial charge on any atom is -0.467 e. The Morgan fingerprint density at radius 3 is 2.39 bits per heavy atom. The second kappa shape index (κ2) is 6.44. The van der Waals surface area contributed by atoms with E-state index >= 15 is 0 Å². The Morgan fingerprint density at radius 2 is 1.87 bits per heavy atom. The van der Waals surface area contributed by atoms with E-state index in [1.54, 1.807) is 6.07 Å². The summed E-state index contributed by atoms with van der Waals surface area (Å²) in [4.78, 5) is 0. The first-order valence-corrected chi connectivity index (χ1v) is 6.72. The van der Waals surface area contributed by atoms with E-state index in [-0.39, 0.29) is 16.9 Å². The molecule has 3 atom stereocenters. The monoisotopic (exact) mass is 325 g/mol. The van der Waals surface area contributed by atoms with Crippen molar-refractivity contribution in [3.8, 4) is 6.07 Å². The van der Waals surface area contributed by atoms with Crippen LogP contribution in [0.15, 0.2) is 41.0 Å². The summed E-state index contributed by atoms with van der Waals surface area (Å²) < 4.78 is 43.6. The third kappa shape index (κ3) is 3.73. The predicted octanol–water partition coefficient (Wildman–Crippen LogP) is 3.51. The lowest BCUT2D eigenvalue weighted by molar-refractivity contribution is -0.137. The molecular weight excluding hydrogens is 311 g/mol. The van der Waals surface area contributed by atoms with Crippen molar-refractivity contribution >= 4 is 0 Å². The minimum absolute atomic E-state index is 0.0549. The second-order valence-corrected chi connectivity index (χ2v) is 5.19. The molecule has 1 aromatic carbocycles. The fraction of sp³-hybridized carbons (Fsp3) is 0.312. The summed E-state index contributed by atoms with van der Waals surface area (Å²) in [6, 6.07) is 7.70. The van der Waals surface area contributed by atoms with Crippen molar-refractivity contribution in [2.75, 3.05) is 0 Å². The van der Waals surface area contributed by atoms with Crippen LogP contribution >= 0.6 is 0 Å². The molecule has 122 valence electrons. The third-order valence-electron chi connectivity index (χ3n) is 3.43. The maximum atomic E-state index is 12.9. The zero-order valence-corrected chi connectivity index (χ0v) is 12.1. The Bertz CT molecular complexity index is 704. The minimum atomic E-state index is -4.57. The lowest BCUT2D eigenvalue weighted by atomic mass is 9.89. The molecule has 0 aliphatic rings. The van der Waals surface area contributed by atoms with Gasteiger partial charge >= 0.3 is 6.18 Å². The molecule has 0 aliphatic heterocycles. The van der Waals surface area contributed by atoms with E-state index in [0.717, 1.165) is 12.1 Å². The van der Waals surface area contributed by atoms with Gasteiger partial charge in [0.25, 0.3) is 0 Å². The first-order valence-electron chi connectivity index (χ1n) is 6.72. The van der Waals surface area contributed by atoms with E-state index < -0.39 is 29.9 Å². The molecule has 0 bridgehead atoms. The van der Waals surface area contributed by atoms with E-state index in [1.165, 1.54) is 31.4 Å². The Balaban J connectivity index is 2.37. The topological polar surface area (TPSA) is 77.4 Å². The number of furan rings is 1. The average Bonchev–Trinajstić information content (AvgIpc) is 3.00. The van der Waals surface area contributed by atoms with Gasteiger partial charge < -0.3 is 14.6 Å². The molecule has 0 aliphatic carbocycles. The van der Waals surface area contributed by atoms with Gasteiger partial charge in [0.1, 0.15) is 17.8 Å². The number of aliphatic hydroxyl groups excluding tert-OH is 2. The van der Waals surface area contributed by atoms with Gasteiger partial charge in [0, 0.05) is 0 Å². The van der Waals surface area contributed by atoms with Crippen LogP contribution in [0.25, 0.3) is 0 Å². The number of aliphatic hydroxyl groups is 2. The molecule has 0 spiro atoms. The van der Waals surface area contributed by atoms with Gasteiger partial charge in [0.2, 0.25) is 0 Å².